The van der Waals surface area contributed by atoms with Crippen LogP contribution >= 0.6 is 22.9 Å². The monoisotopic (exact) mass is 385 g/mol. The Morgan fingerprint density at radius 1 is 1.23 bits per heavy atom. The summed E-state index contributed by atoms with van der Waals surface area (Å²) >= 11 is 7.60. The Hall–Kier alpha value is -2.44. The van der Waals surface area contributed by atoms with Crippen LogP contribution in [0.5, 0.6) is 0 Å². The number of aromatic nitrogens is 1. The van der Waals surface area contributed by atoms with E-state index < -0.39 is 6.04 Å². The summed E-state index contributed by atoms with van der Waals surface area (Å²) in [5.41, 5.74) is 4.84. The summed E-state index contributed by atoms with van der Waals surface area (Å²) in [7, 11) is 0. The number of amides is 2. The predicted molar refractivity (Wildman–Crippen MR) is 103 cm³/mol. The number of fused-ring (bicyclic) bond motifs is 1. The summed E-state index contributed by atoms with van der Waals surface area (Å²) in [6, 6.07) is 12.9. The molecule has 5 nitrogen and oxygen atoms in total. The Kier molecular flexibility index (Phi) is 4.61. The van der Waals surface area contributed by atoms with Crippen LogP contribution in [0.2, 0.25) is 5.02 Å². The predicted octanol–water partition coefficient (Wildman–Crippen LogP) is 3.72. The van der Waals surface area contributed by atoms with E-state index in [0.717, 1.165) is 21.3 Å². The normalized spacial score (nSPS) is 17.7. The van der Waals surface area contributed by atoms with Crippen LogP contribution in [-0.2, 0) is 4.79 Å². The number of hydrogen-bond donors (Lipinski definition) is 2. The molecule has 0 saturated carbocycles. The van der Waals surface area contributed by atoms with E-state index >= 15 is 0 Å². The zero-order chi connectivity index (χ0) is 18.1. The van der Waals surface area contributed by atoms with Crippen LogP contribution in [-0.4, -0.2) is 29.4 Å². The van der Waals surface area contributed by atoms with Crippen LogP contribution in [0, 0.1) is 0 Å². The number of ketones is 1. The summed E-state index contributed by atoms with van der Waals surface area (Å²) in [4.78, 5) is 28.4. The second-order valence-electron chi connectivity index (χ2n) is 6.26. The molecule has 1 aliphatic rings. The van der Waals surface area contributed by atoms with Gasteiger partial charge in [-0.05, 0) is 35.4 Å². The number of carbonyl (C=O) groups excluding carboxylic acids is 2. The van der Waals surface area contributed by atoms with Gasteiger partial charge in [-0.15, -0.1) is 11.3 Å². The quantitative estimate of drug-likeness (QED) is 0.703. The first-order chi connectivity index (χ1) is 12.6. The second kappa shape index (κ2) is 7.05. The van der Waals surface area contributed by atoms with E-state index in [1.54, 1.807) is 11.3 Å². The molecule has 2 N–H and O–H groups in total. The highest BCUT2D eigenvalue weighted by Crippen LogP contribution is 2.32. The summed E-state index contributed by atoms with van der Waals surface area (Å²) in [5.74, 6) is -0.100. The van der Waals surface area contributed by atoms with E-state index in [1.165, 1.54) is 0 Å². The SMILES string of the molecule is O=C1NC[C@@H](C(=O)CC(c2ccc(Cl)cc2)c2ccc3ncsc3c2)N1. The first-order valence-electron chi connectivity index (χ1n) is 8.26. The van der Waals surface area contributed by atoms with Gasteiger partial charge in [-0.25, -0.2) is 9.78 Å². The Morgan fingerprint density at radius 3 is 2.73 bits per heavy atom. The first-order valence-corrected chi connectivity index (χ1v) is 9.51. The minimum absolute atomic E-state index is 0.00713. The molecule has 1 aromatic heterocycles. The van der Waals surface area contributed by atoms with Gasteiger partial charge in [-0.1, -0.05) is 29.8 Å². The molecule has 7 heteroatoms. The van der Waals surface area contributed by atoms with Crippen LogP contribution in [0.4, 0.5) is 4.79 Å². The topological polar surface area (TPSA) is 71.1 Å². The summed E-state index contributed by atoms with van der Waals surface area (Å²) in [6.45, 7) is 0.332. The number of rotatable bonds is 5. The number of nitrogens with one attached hydrogen (secondary N) is 2. The van der Waals surface area contributed by atoms with Crippen molar-refractivity contribution in [1.29, 1.82) is 0 Å². The van der Waals surface area contributed by atoms with Crippen molar-refractivity contribution in [1.82, 2.24) is 15.6 Å². The number of benzene rings is 2. The zero-order valence-corrected chi connectivity index (χ0v) is 15.3. The van der Waals surface area contributed by atoms with Crippen molar-refractivity contribution < 1.29 is 9.59 Å². The highest BCUT2D eigenvalue weighted by Gasteiger charge is 2.29. The fourth-order valence-electron chi connectivity index (χ4n) is 3.20. The Morgan fingerprint density at radius 2 is 2.00 bits per heavy atom. The van der Waals surface area contributed by atoms with Gasteiger partial charge >= 0.3 is 6.03 Å². The maximum absolute atomic E-state index is 12.7. The molecule has 2 amide bonds. The van der Waals surface area contributed by atoms with Crippen molar-refractivity contribution in [3.63, 3.8) is 0 Å². The van der Waals surface area contributed by atoms with Crippen LogP contribution in [0.15, 0.2) is 48.0 Å². The molecule has 1 unspecified atom stereocenters. The molecule has 1 fully saturated rings. The molecule has 2 aromatic carbocycles. The molecular weight excluding hydrogens is 370 g/mol. The minimum atomic E-state index is -0.482. The summed E-state index contributed by atoms with van der Waals surface area (Å²) in [6.07, 6.45) is 0.304. The van der Waals surface area contributed by atoms with Crippen molar-refractivity contribution in [2.24, 2.45) is 0 Å². The van der Waals surface area contributed by atoms with Gasteiger partial charge in [0.05, 0.1) is 15.7 Å². The number of urea groups is 1. The number of Topliss-reactive ketones (excluding diaryl/α,β-unsaturated/α-hetero) is 1. The fourth-order valence-corrected chi connectivity index (χ4v) is 4.06. The Bertz CT molecular complexity index is 970. The number of nitrogens with zero attached hydrogens (tertiary/aromatic N) is 1. The average molecular weight is 386 g/mol. The highest BCUT2D eigenvalue weighted by molar-refractivity contribution is 7.16. The maximum atomic E-state index is 12.7. The molecule has 3 aromatic rings. The van der Waals surface area contributed by atoms with Gasteiger partial charge < -0.3 is 10.6 Å². The molecular formula is C19H16ClN3O2S. The van der Waals surface area contributed by atoms with E-state index in [4.69, 9.17) is 11.6 Å². The molecule has 2 heterocycles. The lowest BCUT2D eigenvalue weighted by Gasteiger charge is -2.19. The molecule has 0 aliphatic carbocycles. The van der Waals surface area contributed by atoms with Crippen LogP contribution in [0.3, 0.4) is 0 Å². The van der Waals surface area contributed by atoms with Crippen molar-refractivity contribution in [3.05, 3.63) is 64.1 Å². The number of halogens is 1. The van der Waals surface area contributed by atoms with Gasteiger partial charge in [0.1, 0.15) is 6.04 Å². The van der Waals surface area contributed by atoms with Crippen molar-refractivity contribution >= 4 is 45.0 Å². The van der Waals surface area contributed by atoms with Crippen molar-refractivity contribution in [2.45, 2.75) is 18.4 Å². The second-order valence-corrected chi connectivity index (χ2v) is 7.58. The first kappa shape index (κ1) is 17.0. The molecule has 0 radical (unpaired) electrons. The van der Waals surface area contributed by atoms with Crippen LogP contribution < -0.4 is 10.6 Å². The Labute approximate surface area is 159 Å². The molecule has 1 saturated heterocycles. The lowest BCUT2D eigenvalue weighted by molar-refractivity contribution is -0.120. The van der Waals surface area contributed by atoms with E-state index in [9.17, 15) is 9.59 Å². The standard InChI is InChI=1S/C19H16ClN3O2S/c20-13-4-1-11(2-5-13)14(8-17(24)16-9-21-19(25)23-16)12-3-6-15-18(7-12)26-10-22-15/h1-7,10,14,16H,8-9H2,(H2,21,23,25)/t14?,16-/m0/s1. The van der Waals surface area contributed by atoms with Gasteiger partial charge in [0.15, 0.2) is 5.78 Å². The van der Waals surface area contributed by atoms with E-state index in [1.807, 2.05) is 41.9 Å². The molecule has 1 aliphatic heterocycles. The van der Waals surface area contributed by atoms with Gasteiger partial charge in [0.25, 0.3) is 0 Å². The van der Waals surface area contributed by atoms with Crippen molar-refractivity contribution in [3.8, 4) is 0 Å². The third-order valence-electron chi connectivity index (χ3n) is 4.60. The van der Waals surface area contributed by atoms with Gasteiger partial charge in [0.2, 0.25) is 0 Å². The minimum Gasteiger partial charge on any atom is -0.336 e. The van der Waals surface area contributed by atoms with Crippen LogP contribution in [0.1, 0.15) is 23.5 Å². The molecule has 0 spiro atoms. The highest BCUT2D eigenvalue weighted by atomic mass is 35.5. The molecule has 0 bridgehead atoms. The van der Waals surface area contributed by atoms with E-state index in [2.05, 4.69) is 21.7 Å². The van der Waals surface area contributed by atoms with Gasteiger partial charge in [-0.3, -0.25) is 4.79 Å². The summed E-state index contributed by atoms with van der Waals surface area (Å²) < 4.78 is 1.09. The molecule has 4 rings (SSSR count). The third-order valence-corrected chi connectivity index (χ3v) is 5.64. The van der Waals surface area contributed by atoms with E-state index in [-0.39, 0.29) is 17.7 Å². The number of thiazole rings is 1. The lowest BCUT2D eigenvalue weighted by Crippen LogP contribution is -2.35. The third kappa shape index (κ3) is 3.43. The Balaban J connectivity index is 1.67. The van der Waals surface area contributed by atoms with Crippen LogP contribution in [0.25, 0.3) is 10.2 Å². The number of carbonyl (C=O) groups is 2. The fraction of sp³-hybridized carbons (Fsp3) is 0.211. The van der Waals surface area contributed by atoms with Gasteiger partial charge in [-0.2, -0.15) is 0 Å². The van der Waals surface area contributed by atoms with Gasteiger partial charge in [0, 0.05) is 23.9 Å². The average Bonchev–Trinajstić information content (AvgIpc) is 3.28. The van der Waals surface area contributed by atoms with Crippen molar-refractivity contribution in [2.75, 3.05) is 6.54 Å². The van der Waals surface area contributed by atoms with E-state index in [0.29, 0.717) is 18.0 Å². The smallest absolute Gasteiger partial charge is 0.315 e. The zero-order valence-electron chi connectivity index (χ0n) is 13.7. The number of hydrogen-bond acceptors (Lipinski definition) is 4. The molecule has 2 atom stereocenters. The maximum Gasteiger partial charge on any atom is 0.315 e. The molecule has 132 valence electrons. The molecule has 26 heavy (non-hydrogen) atoms. The summed E-state index contributed by atoms with van der Waals surface area (Å²) in [5, 5.41) is 5.96. The largest absolute Gasteiger partial charge is 0.336 e. The lowest BCUT2D eigenvalue weighted by atomic mass is 9.86.